The highest BCUT2D eigenvalue weighted by atomic mass is 16.5. The number of benzene rings is 1. The van der Waals surface area contributed by atoms with Gasteiger partial charge in [0.15, 0.2) is 11.5 Å². The van der Waals surface area contributed by atoms with Gasteiger partial charge in [-0.25, -0.2) is 19.7 Å². The minimum absolute atomic E-state index is 0.130. The Morgan fingerprint density at radius 1 is 1.23 bits per heavy atom. The Morgan fingerprint density at radius 2 is 1.94 bits per heavy atom. The zero-order chi connectivity index (χ0) is 22.1. The third-order valence-corrected chi connectivity index (χ3v) is 5.35. The number of anilines is 2. The molecule has 0 spiro atoms. The molecule has 0 bridgehead atoms. The average Bonchev–Trinajstić information content (AvgIpc) is 2.77. The van der Waals surface area contributed by atoms with Crippen LogP contribution in [-0.4, -0.2) is 56.9 Å². The van der Waals surface area contributed by atoms with Crippen molar-refractivity contribution in [2.24, 2.45) is 7.05 Å². The quantitative estimate of drug-likeness (QED) is 0.630. The summed E-state index contributed by atoms with van der Waals surface area (Å²) in [6, 6.07) is 3.41. The van der Waals surface area contributed by atoms with Crippen LogP contribution in [0.15, 0.2) is 29.3 Å². The van der Waals surface area contributed by atoms with Crippen molar-refractivity contribution in [3.8, 4) is 0 Å². The number of hydrogen-bond donors (Lipinski definition) is 2. The second-order valence-corrected chi connectivity index (χ2v) is 7.55. The van der Waals surface area contributed by atoms with Crippen LogP contribution in [0.25, 0.3) is 10.9 Å². The second kappa shape index (κ2) is 8.31. The third-order valence-electron chi connectivity index (χ3n) is 5.35. The van der Waals surface area contributed by atoms with Crippen LogP contribution >= 0.6 is 0 Å². The van der Waals surface area contributed by atoms with Crippen molar-refractivity contribution < 1.29 is 14.6 Å². The van der Waals surface area contributed by atoms with Crippen LogP contribution in [0.3, 0.4) is 0 Å². The number of carboxylic acid groups (broad SMARTS) is 1. The summed E-state index contributed by atoms with van der Waals surface area (Å²) in [5, 5.41) is 13.0. The first-order chi connectivity index (χ1) is 14.9. The molecular formula is C21H24N6O4. The molecule has 1 aliphatic rings. The fourth-order valence-electron chi connectivity index (χ4n) is 3.80. The predicted molar refractivity (Wildman–Crippen MR) is 116 cm³/mol. The normalized spacial score (nSPS) is 15.1. The van der Waals surface area contributed by atoms with E-state index in [0.717, 1.165) is 11.1 Å². The van der Waals surface area contributed by atoms with Crippen LogP contribution in [0.5, 0.6) is 0 Å². The highest BCUT2D eigenvalue weighted by Gasteiger charge is 2.22. The van der Waals surface area contributed by atoms with Gasteiger partial charge in [-0.2, -0.15) is 0 Å². The molecular weight excluding hydrogens is 400 g/mol. The summed E-state index contributed by atoms with van der Waals surface area (Å²) in [5.41, 5.74) is 1.98. The lowest BCUT2D eigenvalue weighted by Gasteiger charge is -2.29. The molecule has 10 nitrogen and oxygen atoms in total. The number of morpholine rings is 1. The van der Waals surface area contributed by atoms with E-state index in [9.17, 15) is 14.7 Å². The van der Waals surface area contributed by atoms with Crippen molar-refractivity contribution in [2.75, 3.05) is 36.5 Å². The van der Waals surface area contributed by atoms with Crippen LogP contribution in [0, 0.1) is 6.92 Å². The van der Waals surface area contributed by atoms with Crippen molar-refractivity contribution in [2.45, 2.75) is 19.9 Å². The first kappa shape index (κ1) is 20.7. The second-order valence-electron chi connectivity index (χ2n) is 7.55. The Bertz CT molecular complexity index is 1200. The highest BCUT2D eigenvalue weighted by Crippen LogP contribution is 2.27. The number of aromatic carboxylic acids is 1. The maximum atomic E-state index is 13.2. The molecule has 0 amide bonds. The topological polar surface area (TPSA) is 122 Å². The molecule has 3 aromatic rings. The number of ether oxygens (including phenoxy) is 1. The van der Waals surface area contributed by atoms with Gasteiger partial charge in [0, 0.05) is 38.1 Å². The van der Waals surface area contributed by atoms with E-state index in [1.807, 2.05) is 30.9 Å². The summed E-state index contributed by atoms with van der Waals surface area (Å²) in [5.74, 6) is -0.420. The first-order valence-corrected chi connectivity index (χ1v) is 10.0. The SMILES string of the molecule is Cc1cc([C@@H](C)Nc2nccnc2C(=O)O)c2nc(N3CCOCC3)n(C)c(=O)c2c1. The molecule has 1 fully saturated rings. The molecule has 10 heteroatoms. The number of carboxylic acids is 1. The highest BCUT2D eigenvalue weighted by molar-refractivity contribution is 5.91. The number of aryl methyl sites for hydroxylation is 1. The van der Waals surface area contributed by atoms with Gasteiger partial charge in [0.1, 0.15) is 0 Å². The lowest BCUT2D eigenvalue weighted by molar-refractivity contribution is 0.0691. The van der Waals surface area contributed by atoms with Gasteiger partial charge in [-0.1, -0.05) is 6.07 Å². The van der Waals surface area contributed by atoms with E-state index in [0.29, 0.717) is 43.2 Å². The van der Waals surface area contributed by atoms with Gasteiger partial charge < -0.3 is 20.1 Å². The van der Waals surface area contributed by atoms with Crippen LogP contribution in [0.4, 0.5) is 11.8 Å². The van der Waals surface area contributed by atoms with Gasteiger partial charge >= 0.3 is 5.97 Å². The van der Waals surface area contributed by atoms with Gasteiger partial charge in [0.25, 0.3) is 5.56 Å². The number of carbonyl (C=O) groups is 1. The molecule has 2 aromatic heterocycles. The standard InChI is InChI=1S/C21H24N6O4/c1-12-10-14(13(2)24-18-17(20(29)30)22-4-5-23-18)16-15(11-12)19(28)26(3)21(25-16)27-6-8-31-9-7-27/h4-5,10-11,13H,6-9H2,1-3H3,(H,23,24)(H,29,30)/t13-/m1/s1. The molecule has 162 valence electrons. The van der Waals surface area contributed by atoms with Gasteiger partial charge in [0.2, 0.25) is 5.95 Å². The van der Waals surface area contributed by atoms with Crippen molar-refractivity contribution in [3.63, 3.8) is 0 Å². The van der Waals surface area contributed by atoms with Gasteiger partial charge in [-0.05, 0) is 25.5 Å². The fraction of sp³-hybridized carbons (Fsp3) is 0.381. The monoisotopic (exact) mass is 424 g/mol. The summed E-state index contributed by atoms with van der Waals surface area (Å²) in [6.45, 7) is 6.26. The van der Waals surface area contributed by atoms with Crippen LogP contribution in [-0.2, 0) is 11.8 Å². The molecule has 0 saturated carbocycles. The minimum atomic E-state index is -1.17. The summed E-state index contributed by atoms with van der Waals surface area (Å²) >= 11 is 0. The number of fused-ring (bicyclic) bond motifs is 1. The number of nitrogens with zero attached hydrogens (tertiary/aromatic N) is 5. The van der Waals surface area contributed by atoms with Crippen LogP contribution in [0.1, 0.15) is 34.6 Å². The van der Waals surface area contributed by atoms with Crippen LogP contribution < -0.4 is 15.8 Å². The summed E-state index contributed by atoms with van der Waals surface area (Å²) in [7, 11) is 1.72. The number of nitrogens with one attached hydrogen (secondary N) is 1. The molecule has 0 unspecified atom stereocenters. The number of rotatable bonds is 5. The lowest BCUT2D eigenvalue weighted by atomic mass is 10.0. The van der Waals surface area contributed by atoms with E-state index >= 15 is 0 Å². The Morgan fingerprint density at radius 3 is 2.65 bits per heavy atom. The molecule has 31 heavy (non-hydrogen) atoms. The summed E-state index contributed by atoms with van der Waals surface area (Å²) in [4.78, 5) is 39.6. The Kier molecular flexibility index (Phi) is 5.55. The predicted octanol–water partition coefficient (Wildman–Crippen LogP) is 1.74. The fourth-order valence-corrected chi connectivity index (χ4v) is 3.80. The molecule has 1 saturated heterocycles. The zero-order valence-electron chi connectivity index (χ0n) is 17.6. The third kappa shape index (κ3) is 3.93. The first-order valence-electron chi connectivity index (χ1n) is 10.0. The van der Waals surface area contributed by atoms with E-state index in [4.69, 9.17) is 9.72 Å². The van der Waals surface area contributed by atoms with Gasteiger partial charge in [-0.15, -0.1) is 0 Å². The molecule has 0 aliphatic carbocycles. The van der Waals surface area contributed by atoms with Gasteiger partial charge in [0.05, 0.1) is 30.2 Å². The summed E-state index contributed by atoms with van der Waals surface area (Å²) < 4.78 is 7.00. The van der Waals surface area contributed by atoms with E-state index < -0.39 is 5.97 Å². The molecule has 1 atom stereocenters. The van der Waals surface area contributed by atoms with Crippen LogP contribution in [0.2, 0.25) is 0 Å². The lowest BCUT2D eigenvalue weighted by Crippen LogP contribution is -2.40. The maximum absolute atomic E-state index is 13.2. The van der Waals surface area contributed by atoms with Crippen molar-refractivity contribution in [1.29, 1.82) is 0 Å². The maximum Gasteiger partial charge on any atom is 0.358 e. The van der Waals surface area contributed by atoms with Gasteiger partial charge in [-0.3, -0.25) is 9.36 Å². The van der Waals surface area contributed by atoms with E-state index in [1.165, 1.54) is 12.4 Å². The van der Waals surface area contributed by atoms with Crippen molar-refractivity contribution >= 4 is 28.6 Å². The summed E-state index contributed by atoms with van der Waals surface area (Å²) in [6.07, 6.45) is 2.77. The molecule has 1 aliphatic heterocycles. The number of aromatic nitrogens is 4. The van der Waals surface area contributed by atoms with Crippen molar-refractivity contribution in [1.82, 2.24) is 19.5 Å². The molecule has 0 radical (unpaired) electrons. The van der Waals surface area contributed by atoms with E-state index in [-0.39, 0.29) is 23.1 Å². The van der Waals surface area contributed by atoms with Crippen molar-refractivity contribution in [3.05, 3.63) is 51.7 Å². The smallest absolute Gasteiger partial charge is 0.358 e. The molecule has 1 aromatic carbocycles. The average molecular weight is 424 g/mol. The largest absolute Gasteiger partial charge is 0.476 e. The van der Waals surface area contributed by atoms with E-state index in [1.54, 1.807) is 11.6 Å². The van der Waals surface area contributed by atoms with E-state index in [2.05, 4.69) is 15.3 Å². The Hall–Kier alpha value is -3.53. The Labute approximate surface area is 178 Å². The molecule has 3 heterocycles. The molecule has 2 N–H and O–H groups in total. The minimum Gasteiger partial charge on any atom is -0.476 e. The molecule has 4 rings (SSSR count). The number of hydrogen-bond acceptors (Lipinski definition) is 8. The zero-order valence-corrected chi connectivity index (χ0v) is 17.6. The Balaban J connectivity index is 1.83.